The molecule has 174 valence electrons. The number of rotatable bonds is 9. The van der Waals surface area contributed by atoms with Crippen molar-refractivity contribution in [2.24, 2.45) is 11.8 Å². The van der Waals surface area contributed by atoms with Gasteiger partial charge in [0.1, 0.15) is 0 Å². The van der Waals surface area contributed by atoms with Crippen LogP contribution in [-0.2, 0) is 0 Å². The summed E-state index contributed by atoms with van der Waals surface area (Å²) in [7, 11) is 0. The van der Waals surface area contributed by atoms with Gasteiger partial charge in [-0.2, -0.15) is 0 Å². The molecule has 6 nitrogen and oxygen atoms in total. The van der Waals surface area contributed by atoms with E-state index in [2.05, 4.69) is 11.8 Å². The Hall–Kier alpha value is -1.95. The summed E-state index contributed by atoms with van der Waals surface area (Å²) in [5.74, 6) is 3.19. The van der Waals surface area contributed by atoms with Gasteiger partial charge in [0, 0.05) is 25.2 Å². The van der Waals surface area contributed by atoms with Gasteiger partial charge in [0.05, 0.1) is 19.8 Å². The molecule has 2 fully saturated rings. The first kappa shape index (κ1) is 23.7. The maximum absolute atomic E-state index is 13.4. The molecular formula is C25H40N2O4. The lowest BCUT2D eigenvalue weighted by molar-refractivity contribution is 0.0621. The van der Waals surface area contributed by atoms with Gasteiger partial charge in [-0.3, -0.25) is 4.79 Å². The van der Waals surface area contributed by atoms with Crippen LogP contribution >= 0.6 is 0 Å². The van der Waals surface area contributed by atoms with Crippen LogP contribution in [0.3, 0.4) is 0 Å². The van der Waals surface area contributed by atoms with Crippen molar-refractivity contribution in [3.8, 4) is 17.2 Å². The highest BCUT2D eigenvalue weighted by molar-refractivity contribution is 5.95. The topological polar surface area (TPSA) is 51.2 Å². The molecule has 2 aliphatic rings. The van der Waals surface area contributed by atoms with Crippen LogP contribution < -0.4 is 14.2 Å². The van der Waals surface area contributed by atoms with Crippen molar-refractivity contribution < 1.29 is 19.0 Å². The molecule has 1 unspecified atom stereocenters. The minimum Gasteiger partial charge on any atom is -0.490 e. The molecule has 0 aromatic heterocycles. The first-order valence-electron chi connectivity index (χ1n) is 12.1. The van der Waals surface area contributed by atoms with E-state index in [1.54, 1.807) is 0 Å². The molecule has 1 aromatic carbocycles. The molecule has 0 spiro atoms. The van der Waals surface area contributed by atoms with E-state index in [4.69, 9.17) is 14.2 Å². The number of hydrogen-bond donors (Lipinski definition) is 0. The van der Waals surface area contributed by atoms with E-state index in [0.717, 1.165) is 32.0 Å². The Bertz CT molecular complexity index is 688. The lowest BCUT2D eigenvalue weighted by atomic mass is 9.94. The number of carbonyl (C=O) groups is 1. The van der Waals surface area contributed by atoms with E-state index in [9.17, 15) is 4.79 Å². The third-order valence-electron chi connectivity index (χ3n) is 6.35. The zero-order chi connectivity index (χ0) is 22.2. The van der Waals surface area contributed by atoms with Gasteiger partial charge in [-0.05, 0) is 83.5 Å². The molecule has 2 aliphatic heterocycles. The van der Waals surface area contributed by atoms with Crippen LogP contribution in [0.1, 0.15) is 63.7 Å². The Labute approximate surface area is 187 Å². The van der Waals surface area contributed by atoms with Crippen LogP contribution in [-0.4, -0.2) is 68.3 Å². The van der Waals surface area contributed by atoms with Crippen molar-refractivity contribution in [3.05, 3.63) is 17.7 Å². The molecule has 31 heavy (non-hydrogen) atoms. The summed E-state index contributed by atoms with van der Waals surface area (Å²) in [4.78, 5) is 18.0. The summed E-state index contributed by atoms with van der Waals surface area (Å²) in [5, 5.41) is 0. The number of carbonyl (C=O) groups excluding carboxylic acids is 1. The first-order valence-corrected chi connectivity index (χ1v) is 12.1. The molecule has 0 aliphatic carbocycles. The number of benzene rings is 1. The maximum atomic E-state index is 13.4. The number of ether oxygens (including phenoxy) is 3. The highest BCUT2D eigenvalue weighted by atomic mass is 16.5. The second-order valence-corrected chi connectivity index (χ2v) is 8.84. The lowest BCUT2D eigenvalue weighted by Gasteiger charge is -2.38. The normalized spacial score (nSPS) is 20.5. The minimum atomic E-state index is 0.0573. The van der Waals surface area contributed by atoms with Crippen molar-refractivity contribution in [1.82, 2.24) is 9.80 Å². The minimum absolute atomic E-state index is 0.0573. The summed E-state index contributed by atoms with van der Waals surface area (Å²) in [6, 6.07) is 3.63. The summed E-state index contributed by atoms with van der Waals surface area (Å²) >= 11 is 0. The number of amides is 1. The van der Waals surface area contributed by atoms with Crippen LogP contribution in [0.25, 0.3) is 0 Å². The van der Waals surface area contributed by atoms with Gasteiger partial charge < -0.3 is 24.0 Å². The number of hydrogen-bond acceptors (Lipinski definition) is 5. The number of piperidine rings is 2. The Balaban J connectivity index is 1.73. The number of likely N-dealkylation sites (tertiary alicyclic amines) is 2. The largest absolute Gasteiger partial charge is 0.490 e. The average molecular weight is 433 g/mol. The second kappa shape index (κ2) is 11.6. The summed E-state index contributed by atoms with van der Waals surface area (Å²) in [6.07, 6.45) is 4.85. The van der Waals surface area contributed by atoms with Gasteiger partial charge in [0.2, 0.25) is 5.75 Å². The third-order valence-corrected chi connectivity index (χ3v) is 6.35. The average Bonchev–Trinajstić information content (AvgIpc) is 2.77. The van der Waals surface area contributed by atoms with Gasteiger partial charge >= 0.3 is 0 Å². The predicted molar refractivity (Wildman–Crippen MR) is 123 cm³/mol. The molecule has 1 aromatic rings. The molecule has 3 rings (SSSR count). The summed E-state index contributed by atoms with van der Waals surface area (Å²) < 4.78 is 17.4. The first-order chi connectivity index (χ1) is 15.0. The molecule has 1 atom stereocenters. The van der Waals surface area contributed by atoms with E-state index >= 15 is 0 Å². The van der Waals surface area contributed by atoms with E-state index in [1.165, 1.54) is 32.4 Å². The van der Waals surface area contributed by atoms with Gasteiger partial charge in [-0.1, -0.05) is 6.92 Å². The van der Waals surface area contributed by atoms with E-state index in [0.29, 0.717) is 48.6 Å². The molecule has 2 heterocycles. The van der Waals surface area contributed by atoms with Crippen LogP contribution in [0.15, 0.2) is 12.1 Å². The molecule has 1 amide bonds. The molecule has 0 saturated carbocycles. The van der Waals surface area contributed by atoms with Crippen LogP contribution in [0, 0.1) is 11.8 Å². The lowest BCUT2D eigenvalue weighted by Crippen LogP contribution is -2.45. The van der Waals surface area contributed by atoms with Crippen molar-refractivity contribution in [1.29, 1.82) is 0 Å². The fourth-order valence-corrected chi connectivity index (χ4v) is 4.70. The monoisotopic (exact) mass is 432 g/mol. The van der Waals surface area contributed by atoms with Gasteiger partial charge in [-0.25, -0.2) is 0 Å². The van der Waals surface area contributed by atoms with Crippen LogP contribution in [0.4, 0.5) is 0 Å². The fourth-order valence-electron chi connectivity index (χ4n) is 4.70. The van der Waals surface area contributed by atoms with Crippen molar-refractivity contribution in [2.75, 3.05) is 52.5 Å². The van der Waals surface area contributed by atoms with Crippen LogP contribution in [0.5, 0.6) is 17.2 Å². The van der Waals surface area contributed by atoms with E-state index in [-0.39, 0.29) is 5.91 Å². The standard InChI is InChI=1S/C25H40N2O4/c1-5-29-22-15-21(16-23(30-6-2)24(22)31-7-3)25(28)27-12-8-9-20(18-27)17-26-13-10-19(4)11-14-26/h15-16,19-20H,5-14,17-18H2,1-4H3. The smallest absolute Gasteiger partial charge is 0.254 e. The molecule has 2 saturated heterocycles. The Morgan fingerprint density at radius 3 is 2.13 bits per heavy atom. The maximum Gasteiger partial charge on any atom is 0.254 e. The second-order valence-electron chi connectivity index (χ2n) is 8.84. The predicted octanol–water partition coefficient (Wildman–Crippen LogP) is 4.47. The molecule has 0 radical (unpaired) electrons. The van der Waals surface area contributed by atoms with Gasteiger partial charge in [0.15, 0.2) is 11.5 Å². The van der Waals surface area contributed by atoms with Gasteiger partial charge in [0.25, 0.3) is 5.91 Å². The quantitative estimate of drug-likeness (QED) is 0.576. The van der Waals surface area contributed by atoms with Crippen molar-refractivity contribution in [2.45, 2.75) is 53.4 Å². The van der Waals surface area contributed by atoms with Crippen molar-refractivity contribution >= 4 is 5.91 Å². The van der Waals surface area contributed by atoms with E-state index < -0.39 is 0 Å². The molecular weight excluding hydrogens is 392 g/mol. The summed E-state index contributed by atoms with van der Waals surface area (Å²) in [5.41, 5.74) is 0.614. The Morgan fingerprint density at radius 1 is 0.935 bits per heavy atom. The molecule has 6 heteroatoms. The third kappa shape index (κ3) is 6.28. The molecule has 0 bridgehead atoms. The molecule has 0 N–H and O–H groups in total. The summed E-state index contributed by atoms with van der Waals surface area (Å²) in [6.45, 7) is 14.8. The zero-order valence-corrected chi connectivity index (χ0v) is 19.8. The van der Waals surface area contributed by atoms with Gasteiger partial charge in [-0.15, -0.1) is 0 Å². The van der Waals surface area contributed by atoms with E-state index in [1.807, 2.05) is 37.8 Å². The van der Waals surface area contributed by atoms with Crippen LogP contribution in [0.2, 0.25) is 0 Å². The fraction of sp³-hybridized carbons (Fsp3) is 0.720. The highest BCUT2D eigenvalue weighted by Gasteiger charge is 2.28. The SMILES string of the molecule is CCOc1cc(C(=O)N2CCCC(CN3CCC(C)CC3)C2)cc(OCC)c1OCC. The van der Waals surface area contributed by atoms with Crippen molar-refractivity contribution in [3.63, 3.8) is 0 Å². The number of nitrogens with zero attached hydrogens (tertiary/aromatic N) is 2. The Kier molecular flexibility index (Phi) is 8.88. The Morgan fingerprint density at radius 2 is 1.55 bits per heavy atom. The zero-order valence-electron chi connectivity index (χ0n) is 19.8. The highest BCUT2D eigenvalue weighted by Crippen LogP contribution is 2.39.